The van der Waals surface area contributed by atoms with Crippen molar-refractivity contribution in [3.63, 3.8) is 0 Å². The highest BCUT2D eigenvalue weighted by Crippen LogP contribution is 2.18. The molecule has 0 aliphatic rings. The SMILES string of the molecule is Cc1cccc(C(=O)N(C)Cc2ccoc2)c1I. The molecule has 4 heteroatoms. The maximum atomic E-state index is 12.3. The first-order valence-corrected chi connectivity index (χ1v) is 6.69. The molecule has 2 aromatic rings. The maximum absolute atomic E-state index is 12.3. The first-order chi connectivity index (χ1) is 8.59. The van der Waals surface area contributed by atoms with E-state index in [9.17, 15) is 4.79 Å². The number of furan rings is 1. The minimum absolute atomic E-state index is 0.0318. The van der Waals surface area contributed by atoms with Gasteiger partial charge in [-0.15, -0.1) is 0 Å². The summed E-state index contributed by atoms with van der Waals surface area (Å²) in [5.74, 6) is 0.0318. The monoisotopic (exact) mass is 355 g/mol. The molecule has 1 aromatic heterocycles. The second-order valence-corrected chi connectivity index (χ2v) is 5.31. The molecule has 0 radical (unpaired) electrons. The Morgan fingerprint density at radius 3 is 2.83 bits per heavy atom. The van der Waals surface area contributed by atoms with Crippen molar-refractivity contribution < 1.29 is 9.21 Å². The second kappa shape index (κ2) is 5.56. The van der Waals surface area contributed by atoms with Gasteiger partial charge in [0.2, 0.25) is 0 Å². The molecule has 1 aromatic carbocycles. The normalized spacial score (nSPS) is 10.4. The molecule has 0 atom stereocenters. The lowest BCUT2D eigenvalue weighted by molar-refractivity contribution is 0.0784. The molecule has 0 aliphatic heterocycles. The number of benzene rings is 1. The van der Waals surface area contributed by atoms with Crippen LogP contribution in [0.3, 0.4) is 0 Å². The highest BCUT2D eigenvalue weighted by Gasteiger charge is 2.16. The molecule has 0 aliphatic carbocycles. The van der Waals surface area contributed by atoms with E-state index in [1.54, 1.807) is 24.5 Å². The third-order valence-corrected chi connectivity index (χ3v) is 4.20. The van der Waals surface area contributed by atoms with Crippen LogP contribution in [0.5, 0.6) is 0 Å². The first kappa shape index (κ1) is 13.1. The van der Waals surface area contributed by atoms with Crippen LogP contribution in [0.1, 0.15) is 21.5 Å². The molecular formula is C14H14INO2. The van der Waals surface area contributed by atoms with Gasteiger partial charge in [-0.3, -0.25) is 4.79 Å². The highest BCUT2D eigenvalue weighted by atomic mass is 127. The van der Waals surface area contributed by atoms with Gasteiger partial charge in [0.15, 0.2) is 0 Å². The van der Waals surface area contributed by atoms with Crippen LogP contribution < -0.4 is 0 Å². The fraction of sp³-hybridized carbons (Fsp3) is 0.214. The van der Waals surface area contributed by atoms with E-state index in [1.165, 1.54) is 0 Å². The molecule has 1 heterocycles. The fourth-order valence-electron chi connectivity index (χ4n) is 1.75. The second-order valence-electron chi connectivity index (χ2n) is 4.23. The van der Waals surface area contributed by atoms with Crippen LogP contribution in [-0.4, -0.2) is 17.9 Å². The average molecular weight is 355 g/mol. The van der Waals surface area contributed by atoms with E-state index in [0.717, 1.165) is 20.3 Å². The lowest BCUT2D eigenvalue weighted by Crippen LogP contribution is -2.26. The van der Waals surface area contributed by atoms with Crippen molar-refractivity contribution in [1.29, 1.82) is 0 Å². The average Bonchev–Trinajstić information content (AvgIpc) is 2.84. The lowest BCUT2D eigenvalue weighted by atomic mass is 10.1. The van der Waals surface area contributed by atoms with Crippen LogP contribution >= 0.6 is 22.6 Å². The first-order valence-electron chi connectivity index (χ1n) is 5.61. The molecule has 0 fully saturated rings. The summed E-state index contributed by atoms with van der Waals surface area (Å²) in [6, 6.07) is 7.65. The van der Waals surface area contributed by atoms with E-state index < -0.39 is 0 Å². The minimum atomic E-state index is 0.0318. The van der Waals surface area contributed by atoms with Crippen LogP contribution in [0, 0.1) is 10.5 Å². The van der Waals surface area contributed by atoms with Crippen LogP contribution in [0.2, 0.25) is 0 Å². The Hall–Kier alpha value is -1.30. The standard InChI is InChI=1S/C14H14INO2/c1-10-4-3-5-12(13(10)15)14(17)16(2)8-11-6-7-18-9-11/h3-7,9H,8H2,1-2H3. The zero-order chi connectivity index (χ0) is 13.1. The van der Waals surface area contributed by atoms with Gasteiger partial charge in [0.05, 0.1) is 18.1 Å². The molecule has 1 amide bonds. The van der Waals surface area contributed by atoms with Gasteiger partial charge < -0.3 is 9.32 Å². The van der Waals surface area contributed by atoms with E-state index in [2.05, 4.69) is 22.6 Å². The number of rotatable bonds is 3. The number of nitrogens with zero attached hydrogens (tertiary/aromatic N) is 1. The van der Waals surface area contributed by atoms with Crippen molar-refractivity contribution in [2.45, 2.75) is 13.5 Å². The molecule has 0 unspecified atom stereocenters. The van der Waals surface area contributed by atoms with E-state index in [4.69, 9.17) is 4.42 Å². The summed E-state index contributed by atoms with van der Waals surface area (Å²) in [6.07, 6.45) is 3.27. The van der Waals surface area contributed by atoms with Crippen LogP contribution in [0.25, 0.3) is 0 Å². The van der Waals surface area contributed by atoms with Gasteiger partial charge in [0, 0.05) is 22.7 Å². The summed E-state index contributed by atoms with van der Waals surface area (Å²) in [4.78, 5) is 14.0. The molecule has 0 saturated heterocycles. The van der Waals surface area contributed by atoms with Gasteiger partial charge in [-0.2, -0.15) is 0 Å². The Bertz CT molecular complexity index is 549. The Morgan fingerprint density at radius 1 is 1.39 bits per heavy atom. The summed E-state index contributed by atoms with van der Waals surface area (Å²) in [7, 11) is 1.80. The van der Waals surface area contributed by atoms with Gasteiger partial charge in [0.1, 0.15) is 0 Å². The van der Waals surface area contributed by atoms with E-state index in [-0.39, 0.29) is 5.91 Å². The predicted molar refractivity (Wildman–Crippen MR) is 78.4 cm³/mol. The molecule has 18 heavy (non-hydrogen) atoms. The van der Waals surface area contributed by atoms with Gasteiger partial charge >= 0.3 is 0 Å². The Balaban J connectivity index is 2.18. The van der Waals surface area contributed by atoms with E-state index >= 15 is 0 Å². The van der Waals surface area contributed by atoms with E-state index in [1.807, 2.05) is 31.2 Å². The van der Waals surface area contributed by atoms with Crippen LogP contribution in [0.4, 0.5) is 0 Å². The number of hydrogen-bond acceptors (Lipinski definition) is 2. The third kappa shape index (κ3) is 2.75. The number of aryl methyl sites for hydroxylation is 1. The summed E-state index contributed by atoms with van der Waals surface area (Å²) < 4.78 is 6.02. The zero-order valence-electron chi connectivity index (χ0n) is 10.3. The topological polar surface area (TPSA) is 33.5 Å². The van der Waals surface area contributed by atoms with E-state index in [0.29, 0.717) is 6.54 Å². The molecule has 2 rings (SSSR count). The molecule has 94 valence electrons. The van der Waals surface area contributed by atoms with Crippen molar-refractivity contribution in [1.82, 2.24) is 4.90 Å². The van der Waals surface area contributed by atoms with Crippen molar-refractivity contribution in [3.05, 3.63) is 57.1 Å². The van der Waals surface area contributed by atoms with Gasteiger partial charge in [-0.05, 0) is 47.2 Å². The van der Waals surface area contributed by atoms with Gasteiger partial charge in [-0.1, -0.05) is 12.1 Å². The predicted octanol–water partition coefficient (Wildman–Crippen LogP) is 3.46. The molecular weight excluding hydrogens is 341 g/mol. The summed E-state index contributed by atoms with van der Waals surface area (Å²) in [5.41, 5.74) is 2.87. The highest BCUT2D eigenvalue weighted by molar-refractivity contribution is 14.1. The number of carbonyl (C=O) groups excluding carboxylic acids is 1. The van der Waals surface area contributed by atoms with Crippen molar-refractivity contribution in [2.24, 2.45) is 0 Å². The van der Waals surface area contributed by atoms with Crippen LogP contribution in [0.15, 0.2) is 41.2 Å². The fourth-order valence-corrected chi connectivity index (χ4v) is 2.34. The Morgan fingerprint density at radius 2 is 2.17 bits per heavy atom. The summed E-state index contributed by atoms with van der Waals surface area (Å²) >= 11 is 2.22. The van der Waals surface area contributed by atoms with Gasteiger partial charge in [-0.25, -0.2) is 0 Å². The molecule has 0 bridgehead atoms. The molecule has 0 spiro atoms. The number of amides is 1. The van der Waals surface area contributed by atoms with Crippen LogP contribution in [-0.2, 0) is 6.54 Å². The summed E-state index contributed by atoms with van der Waals surface area (Å²) in [5, 5.41) is 0. The smallest absolute Gasteiger partial charge is 0.254 e. The molecule has 3 nitrogen and oxygen atoms in total. The number of carbonyl (C=O) groups is 1. The quantitative estimate of drug-likeness (QED) is 0.790. The number of hydrogen-bond donors (Lipinski definition) is 0. The van der Waals surface area contributed by atoms with Crippen molar-refractivity contribution in [2.75, 3.05) is 7.05 Å². The maximum Gasteiger partial charge on any atom is 0.254 e. The lowest BCUT2D eigenvalue weighted by Gasteiger charge is -2.17. The largest absolute Gasteiger partial charge is 0.472 e. The Labute approximate surface area is 120 Å². The summed E-state index contributed by atoms with van der Waals surface area (Å²) in [6.45, 7) is 2.56. The third-order valence-electron chi connectivity index (χ3n) is 2.77. The number of halogens is 1. The minimum Gasteiger partial charge on any atom is -0.472 e. The van der Waals surface area contributed by atoms with Crippen molar-refractivity contribution in [3.8, 4) is 0 Å². The zero-order valence-corrected chi connectivity index (χ0v) is 12.5. The Kier molecular flexibility index (Phi) is 4.06. The molecule has 0 saturated carbocycles. The van der Waals surface area contributed by atoms with Crippen molar-refractivity contribution >= 4 is 28.5 Å². The van der Waals surface area contributed by atoms with Gasteiger partial charge in [0.25, 0.3) is 5.91 Å². The molecule has 0 N–H and O–H groups in total.